The van der Waals surface area contributed by atoms with E-state index in [0.29, 0.717) is 25.7 Å². The lowest BCUT2D eigenvalue weighted by Crippen LogP contribution is -2.30. The monoisotopic (exact) mass is 1660 g/mol. The number of unbranched alkanes of at least 4 members (excludes halogenated alkanes) is 60. The Labute approximate surface area is 702 Å². The molecule has 114 heavy (non-hydrogen) atoms. The van der Waals surface area contributed by atoms with Gasteiger partial charge in [0.2, 0.25) is 0 Å². The molecule has 3 N–H and O–H groups in total. The Morgan fingerprint density at radius 1 is 0.254 bits per heavy atom. The van der Waals surface area contributed by atoms with Crippen molar-refractivity contribution in [2.45, 2.75) is 529 Å². The number of phosphoric acid groups is 2. The average molecular weight is 1660 g/mol. The Hall–Kier alpha value is -1.94. The Kier molecular flexibility index (Phi) is 83.2. The number of phosphoric ester groups is 2. The quantitative estimate of drug-likeness (QED) is 0.0222. The third-order valence-electron chi connectivity index (χ3n) is 22.7. The number of rotatable bonds is 93. The van der Waals surface area contributed by atoms with Crippen LogP contribution in [0.1, 0.15) is 511 Å². The molecule has 0 aromatic carbocycles. The molecule has 0 rings (SSSR count). The molecule has 0 spiro atoms. The Bertz CT molecular complexity index is 2190. The summed E-state index contributed by atoms with van der Waals surface area (Å²) in [6.07, 6.45) is 79.4. The first-order valence-electron chi connectivity index (χ1n) is 48.9. The summed E-state index contributed by atoms with van der Waals surface area (Å²) >= 11 is 0. The maximum Gasteiger partial charge on any atom is 0.472 e. The van der Waals surface area contributed by atoms with Crippen molar-refractivity contribution < 1.29 is 80.2 Å². The summed E-state index contributed by atoms with van der Waals surface area (Å²) in [7, 11) is -9.94. The van der Waals surface area contributed by atoms with Crippen molar-refractivity contribution in [3.8, 4) is 0 Å². The molecule has 3 unspecified atom stereocenters. The second-order valence-corrected chi connectivity index (χ2v) is 38.2. The highest BCUT2D eigenvalue weighted by atomic mass is 31.2. The van der Waals surface area contributed by atoms with Crippen molar-refractivity contribution in [1.29, 1.82) is 0 Å². The predicted octanol–water partition coefficient (Wildman–Crippen LogP) is 29.6. The van der Waals surface area contributed by atoms with Crippen molar-refractivity contribution >= 4 is 39.5 Å². The standard InChI is InChI=1S/C95H186O17P2/c1-8-10-11-12-13-14-15-16-17-18-19-20-28-33-38-43-48-57-64-72-79-95(100)112-91(83-106-93(98)77-70-63-56-51-50-53-60-67-74-87(5)6)85-110-114(103,104)108-81-89(96)80-107-113(101,102)109-84-90(82-105-92(97)76-69-62-55-47-42-37-32-27-23-21-25-30-35-40-45-52-59-66-73-86(3)4)111-94(99)78-71-65-58-49-44-39-34-29-24-22-26-31-36-41-46-54-61-68-75-88(7)9-2/h86-91,96H,8-85H2,1-7H3,(H,101,102)(H,103,104)/t88?,89-,90-,91-/m1/s1. The van der Waals surface area contributed by atoms with Gasteiger partial charge in [0.15, 0.2) is 12.2 Å². The topological polar surface area (TPSA) is 237 Å². The smallest absolute Gasteiger partial charge is 0.462 e. The predicted molar refractivity (Wildman–Crippen MR) is 474 cm³/mol. The van der Waals surface area contributed by atoms with Gasteiger partial charge in [-0.25, -0.2) is 9.13 Å². The van der Waals surface area contributed by atoms with E-state index in [2.05, 4.69) is 48.5 Å². The summed E-state index contributed by atoms with van der Waals surface area (Å²) < 4.78 is 69.2. The van der Waals surface area contributed by atoms with E-state index >= 15 is 0 Å². The highest BCUT2D eigenvalue weighted by molar-refractivity contribution is 7.47. The summed E-state index contributed by atoms with van der Waals surface area (Å²) in [5.74, 6) is 0.325. The van der Waals surface area contributed by atoms with E-state index in [4.69, 9.17) is 37.0 Å². The average Bonchev–Trinajstić information content (AvgIpc) is 0.896. The Morgan fingerprint density at radius 2 is 0.447 bits per heavy atom. The van der Waals surface area contributed by atoms with Crippen LogP contribution in [0.3, 0.4) is 0 Å². The summed E-state index contributed by atoms with van der Waals surface area (Å²) in [5, 5.41) is 10.7. The third-order valence-corrected chi connectivity index (χ3v) is 24.6. The van der Waals surface area contributed by atoms with E-state index < -0.39 is 97.5 Å². The molecule has 678 valence electrons. The van der Waals surface area contributed by atoms with Gasteiger partial charge in [-0.05, 0) is 43.4 Å². The minimum Gasteiger partial charge on any atom is -0.462 e. The molecule has 0 aliphatic heterocycles. The van der Waals surface area contributed by atoms with Crippen molar-refractivity contribution in [1.82, 2.24) is 0 Å². The molecule has 0 aliphatic carbocycles. The molecule has 0 aromatic heterocycles. The Morgan fingerprint density at radius 3 is 0.667 bits per heavy atom. The zero-order chi connectivity index (χ0) is 83.6. The largest absolute Gasteiger partial charge is 0.472 e. The van der Waals surface area contributed by atoms with Crippen LogP contribution in [0.15, 0.2) is 0 Å². The van der Waals surface area contributed by atoms with Crippen LogP contribution in [0, 0.1) is 17.8 Å². The van der Waals surface area contributed by atoms with E-state index in [1.165, 1.54) is 321 Å². The van der Waals surface area contributed by atoms with Crippen LogP contribution in [0.25, 0.3) is 0 Å². The zero-order valence-electron chi connectivity index (χ0n) is 75.6. The lowest BCUT2D eigenvalue weighted by molar-refractivity contribution is -0.161. The van der Waals surface area contributed by atoms with Gasteiger partial charge in [-0.3, -0.25) is 37.3 Å². The van der Waals surface area contributed by atoms with E-state index in [0.717, 1.165) is 108 Å². The van der Waals surface area contributed by atoms with Gasteiger partial charge >= 0.3 is 39.5 Å². The van der Waals surface area contributed by atoms with Gasteiger partial charge in [-0.1, -0.05) is 459 Å². The molecule has 0 heterocycles. The van der Waals surface area contributed by atoms with Gasteiger partial charge in [-0.15, -0.1) is 0 Å². The van der Waals surface area contributed by atoms with Gasteiger partial charge < -0.3 is 33.8 Å². The summed E-state index contributed by atoms with van der Waals surface area (Å²) in [5.41, 5.74) is 0. The summed E-state index contributed by atoms with van der Waals surface area (Å²) in [4.78, 5) is 73.5. The van der Waals surface area contributed by atoms with E-state index in [1.54, 1.807) is 0 Å². The van der Waals surface area contributed by atoms with Crippen LogP contribution in [0.5, 0.6) is 0 Å². The number of esters is 4. The number of carbonyl (C=O) groups excluding carboxylic acids is 4. The van der Waals surface area contributed by atoms with Gasteiger partial charge in [0.25, 0.3) is 0 Å². The minimum absolute atomic E-state index is 0.108. The van der Waals surface area contributed by atoms with Crippen molar-refractivity contribution in [2.24, 2.45) is 17.8 Å². The second kappa shape index (κ2) is 84.7. The normalized spacial score (nSPS) is 14.0. The van der Waals surface area contributed by atoms with E-state index in [-0.39, 0.29) is 25.7 Å². The SMILES string of the molecule is CCCCCCCCCCCCCCCCCCCCCCC(=O)O[C@H](COC(=O)CCCCCCCCCCC(C)C)COP(=O)(O)OC[C@H](O)COP(=O)(O)OC[C@@H](COC(=O)CCCCCCCCCCCCCCCCCCCCC(C)C)OC(=O)CCCCCCCCCCCCCCCCCCCCC(C)CC. The molecule has 17 nitrogen and oxygen atoms in total. The lowest BCUT2D eigenvalue weighted by atomic mass is 9.99. The molecule has 0 bridgehead atoms. The van der Waals surface area contributed by atoms with E-state index in [9.17, 15) is 43.2 Å². The van der Waals surface area contributed by atoms with Crippen LogP contribution in [-0.4, -0.2) is 96.7 Å². The molecule has 0 saturated heterocycles. The fourth-order valence-corrected chi connectivity index (χ4v) is 16.5. The van der Waals surface area contributed by atoms with Crippen molar-refractivity contribution in [3.05, 3.63) is 0 Å². The van der Waals surface area contributed by atoms with Crippen LogP contribution in [-0.2, 0) is 65.4 Å². The van der Waals surface area contributed by atoms with Crippen LogP contribution in [0.4, 0.5) is 0 Å². The summed E-state index contributed by atoms with van der Waals surface area (Å²) in [6, 6.07) is 0. The Balaban J connectivity index is 5.23. The molecule has 0 saturated carbocycles. The zero-order valence-corrected chi connectivity index (χ0v) is 77.4. The number of carbonyl (C=O) groups is 4. The first-order chi connectivity index (χ1) is 55.3. The first kappa shape index (κ1) is 112. The van der Waals surface area contributed by atoms with Crippen LogP contribution < -0.4 is 0 Å². The van der Waals surface area contributed by atoms with Gasteiger partial charge in [0, 0.05) is 25.7 Å². The second-order valence-electron chi connectivity index (χ2n) is 35.3. The van der Waals surface area contributed by atoms with Crippen molar-refractivity contribution in [3.63, 3.8) is 0 Å². The fraction of sp³-hybridized carbons (Fsp3) is 0.958. The minimum atomic E-state index is -4.97. The maximum atomic E-state index is 13.2. The highest BCUT2D eigenvalue weighted by Crippen LogP contribution is 2.45. The molecule has 6 atom stereocenters. The fourth-order valence-electron chi connectivity index (χ4n) is 14.9. The van der Waals surface area contributed by atoms with Crippen LogP contribution >= 0.6 is 15.6 Å². The number of aliphatic hydroxyl groups excluding tert-OH is 1. The van der Waals surface area contributed by atoms with E-state index in [1.807, 2.05) is 0 Å². The molecule has 0 aliphatic rings. The molecule has 0 radical (unpaired) electrons. The maximum absolute atomic E-state index is 13.2. The third kappa shape index (κ3) is 86.4. The molecule has 0 fully saturated rings. The van der Waals surface area contributed by atoms with Gasteiger partial charge in [0.1, 0.15) is 19.3 Å². The number of hydrogen-bond donors (Lipinski definition) is 3. The van der Waals surface area contributed by atoms with Crippen LogP contribution in [0.2, 0.25) is 0 Å². The van der Waals surface area contributed by atoms with Crippen molar-refractivity contribution in [2.75, 3.05) is 39.6 Å². The number of hydrogen-bond acceptors (Lipinski definition) is 15. The summed E-state index contributed by atoms with van der Waals surface area (Å²) in [6.45, 7) is 12.1. The molecule has 0 aromatic rings. The van der Waals surface area contributed by atoms with Gasteiger partial charge in [0.05, 0.1) is 26.4 Å². The van der Waals surface area contributed by atoms with Gasteiger partial charge in [-0.2, -0.15) is 0 Å². The lowest BCUT2D eigenvalue weighted by Gasteiger charge is -2.21. The molecular weight excluding hydrogens is 1470 g/mol. The first-order valence-corrected chi connectivity index (χ1v) is 51.9. The number of ether oxygens (including phenoxy) is 4. The molecule has 0 amide bonds. The molecule has 19 heteroatoms. The highest BCUT2D eigenvalue weighted by Gasteiger charge is 2.31. The molecular formula is C95H186O17P2. The number of aliphatic hydroxyl groups is 1.